The van der Waals surface area contributed by atoms with Crippen LogP contribution in [0.15, 0.2) is 12.8 Å². The number of alkyl halides is 6. The molecule has 2 aliphatic carbocycles. The summed E-state index contributed by atoms with van der Waals surface area (Å²) in [4.78, 5) is 0. The molecule has 20 heavy (non-hydrogen) atoms. The topological polar surface area (TPSA) is 18.5 Å². The normalized spacial score (nSPS) is 42.0. The zero-order valence-corrected chi connectivity index (χ0v) is 10.2. The molecule has 1 heterocycles. The Hall–Kier alpha value is -0.920. The summed E-state index contributed by atoms with van der Waals surface area (Å²) >= 11 is 0. The van der Waals surface area contributed by atoms with Gasteiger partial charge in [0.2, 0.25) is 0 Å². The Balaban J connectivity index is 1.90. The molecule has 0 amide bonds. The van der Waals surface area contributed by atoms with E-state index in [-0.39, 0.29) is 12.8 Å². The van der Waals surface area contributed by atoms with E-state index in [4.69, 9.17) is 4.74 Å². The van der Waals surface area contributed by atoms with Crippen molar-refractivity contribution in [1.82, 2.24) is 0 Å². The second kappa shape index (κ2) is 3.84. The van der Waals surface area contributed by atoms with Gasteiger partial charge in [-0.15, -0.1) is 0 Å². The first kappa shape index (κ1) is 14.0. The van der Waals surface area contributed by atoms with Crippen molar-refractivity contribution >= 4 is 0 Å². The average Bonchev–Trinajstić information content (AvgIpc) is 2.66. The fraction of sp³-hybridized carbons (Fsp3) is 0.833. The van der Waals surface area contributed by atoms with Gasteiger partial charge in [0.05, 0.1) is 12.4 Å². The van der Waals surface area contributed by atoms with Crippen LogP contribution in [-0.2, 0) is 9.47 Å². The Kier molecular flexibility index (Phi) is 2.69. The Labute approximate surface area is 110 Å². The summed E-state index contributed by atoms with van der Waals surface area (Å²) in [5.74, 6) is -2.63. The quantitative estimate of drug-likeness (QED) is 0.575. The summed E-state index contributed by atoms with van der Waals surface area (Å²) < 4.78 is 87.4. The highest BCUT2D eigenvalue weighted by Crippen LogP contribution is 2.69. The lowest BCUT2D eigenvalue weighted by Gasteiger charge is -2.57. The molecule has 1 saturated heterocycles. The highest BCUT2D eigenvalue weighted by atomic mass is 19.4. The number of hydrogen-bond acceptors (Lipinski definition) is 2. The van der Waals surface area contributed by atoms with Gasteiger partial charge in [-0.1, -0.05) is 6.58 Å². The Morgan fingerprint density at radius 1 is 1.10 bits per heavy atom. The van der Waals surface area contributed by atoms with Crippen molar-refractivity contribution in [3.63, 3.8) is 0 Å². The Morgan fingerprint density at radius 3 is 2.15 bits per heavy atom. The molecule has 3 fully saturated rings. The number of rotatable bonds is 2. The summed E-state index contributed by atoms with van der Waals surface area (Å²) in [5, 5.41) is 0. The lowest BCUT2D eigenvalue weighted by molar-refractivity contribution is -0.473. The molecule has 5 atom stereocenters. The molecule has 2 saturated carbocycles. The standard InChI is InChI=1S/C12H12F6O2/c1-2-19-7-4-5-3-6(7)9-8(5)10(20-9,11(13,14)15)12(16,17)18/h2,5-9H,1,3-4H2/t5-,6-,7?,8?,9?/m0/s1. The number of hydrogen-bond donors (Lipinski definition) is 0. The van der Waals surface area contributed by atoms with Crippen LogP contribution in [0, 0.1) is 17.8 Å². The molecule has 0 spiro atoms. The van der Waals surface area contributed by atoms with Gasteiger partial charge in [-0.25, -0.2) is 0 Å². The van der Waals surface area contributed by atoms with Gasteiger partial charge in [0.15, 0.2) is 0 Å². The van der Waals surface area contributed by atoms with E-state index < -0.39 is 47.9 Å². The van der Waals surface area contributed by atoms with Crippen molar-refractivity contribution in [2.24, 2.45) is 17.8 Å². The predicted molar refractivity (Wildman–Crippen MR) is 54.5 cm³/mol. The van der Waals surface area contributed by atoms with Crippen LogP contribution >= 0.6 is 0 Å². The lowest BCUT2D eigenvalue weighted by Crippen LogP contribution is -2.76. The smallest absolute Gasteiger partial charge is 0.426 e. The van der Waals surface area contributed by atoms with Crippen LogP contribution in [0.4, 0.5) is 26.3 Å². The van der Waals surface area contributed by atoms with Crippen molar-refractivity contribution in [2.75, 3.05) is 0 Å². The van der Waals surface area contributed by atoms with Gasteiger partial charge in [0.1, 0.15) is 6.10 Å². The molecule has 114 valence electrons. The average molecular weight is 302 g/mol. The van der Waals surface area contributed by atoms with Gasteiger partial charge < -0.3 is 9.47 Å². The van der Waals surface area contributed by atoms with E-state index in [1.54, 1.807) is 0 Å². The van der Waals surface area contributed by atoms with Crippen molar-refractivity contribution in [3.8, 4) is 0 Å². The number of fused-ring (bicyclic) bond motifs is 5. The van der Waals surface area contributed by atoms with Crippen LogP contribution in [-0.4, -0.2) is 30.2 Å². The minimum absolute atomic E-state index is 0.190. The number of halogens is 6. The zero-order chi connectivity index (χ0) is 14.9. The molecular weight excluding hydrogens is 290 g/mol. The van der Waals surface area contributed by atoms with Crippen molar-refractivity contribution in [3.05, 3.63) is 12.8 Å². The van der Waals surface area contributed by atoms with Crippen LogP contribution in [0.2, 0.25) is 0 Å². The molecule has 3 aliphatic rings. The maximum absolute atomic E-state index is 13.0. The SMILES string of the molecule is C=COC1C[C@@H]2C[C@@H]1C1OC(C(F)(F)F)(C(F)(F)F)C12. The van der Waals surface area contributed by atoms with Gasteiger partial charge in [-0.3, -0.25) is 0 Å². The third-order valence-electron chi connectivity index (χ3n) is 4.78. The summed E-state index contributed by atoms with van der Waals surface area (Å²) in [6.07, 6.45) is -10.7. The van der Waals surface area contributed by atoms with Crippen molar-refractivity contribution in [1.29, 1.82) is 0 Å². The highest BCUT2D eigenvalue weighted by molar-refractivity contribution is 5.21. The monoisotopic (exact) mass is 302 g/mol. The summed E-state index contributed by atoms with van der Waals surface area (Å²) in [6, 6.07) is 0. The lowest BCUT2D eigenvalue weighted by atomic mass is 9.67. The van der Waals surface area contributed by atoms with Gasteiger partial charge in [-0.2, -0.15) is 26.3 Å². The van der Waals surface area contributed by atoms with Gasteiger partial charge >= 0.3 is 12.4 Å². The van der Waals surface area contributed by atoms with Gasteiger partial charge in [0.25, 0.3) is 5.60 Å². The molecule has 8 heteroatoms. The minimum Gasteiger partial charge on any atom is -0.498 e. The molecule has 3 rings (SSSR count). The molecule has 0 N–H and O–H groups in total. The van der Waals surface area contributed by atoms with E-state index in [2.05, 4.69) is 11.3 Å². The highest BCUT2D eigenvalue weighted by Gasteiger charge is 2.87. The fourth-order valence-corrected chi connectivity index (χ4v) is 4.14. The maximum atomic E-state index is 13.0. The van der Waals surface area contributed by atoms with Crippen LogP contribution in [0.5, 0.6) is 0 Å². The first-order valence-corrected chi connectivity index (χ1v) is 6.21. The Bertz CT molecular complexity index is 413. The van der Waals surface area contributed by atoms with E-state index in [1.807, 2.05) is 0 Å². The first-order chi connectivity index (χ1) is 9.13. The number of ether oxygens (including phenoxy) is 2. The zero-order valence-electron chi connectivity index (χ0n) is 10.2. The summed E-state index contributed by atoms with van der Waals surface area (Å²) in [7, 11) is 0. The summed E-state index contributed by atoms with van der Waals surface area (Å²) in [5.41, 5.74) is -4.00. The van der Waals surface area contributed by atoms with Gasteiger partial charge in [-0.05, 0) is 18.8 Å². The molecule has 2 bridgehead atoms. The van der Waals surface area contributed by atoms with Crippen LogP contribution in [0.25, 0.3) is 0 Å². The third-order valence-corrected chi connectivity index (χ3v) is 4.78. The van der Waals surface area contributed by atoms with E-state index in [9.17, 15) is 26.3 Å². The molecular formula is C12H12F6O2. The summed E-state index contributed by atoms with van der Waals surface area (Å²) in [6.45, 7) is 3.35. The maximum Gasteiger partial charge on any atom is 0.426 e. The van der Waals surface area contributed by atoms with Crippen LogP contribution in [0.3, 0.4) is 0 Å². The predicted octanol–water partition coefficient (Wildman–Crippen LogP) is 3.43. The van der Waals surface area contributed by atoms with Crippen LogP contribution < -0.4 is 0 Å². The molecule has 2 nitrogen and oxygen atoms in total. The molecule has 0 aromatic heterocycles. The second-order valence-corrected chi connectivity index (χ2v) is 5.58. The molecule has 0 aromatic carbocycles. The van der Waals surface area contributed by atoms with Gasteiger partial charge in [0, 0.05) is 11.8 Å². The molecule has 3 unspecified atom stereocenters. The van der Waals surface area contributed by atoms with E-state index in [0.29, 0.717) is 0 Å². The van der Waals surface area contributed by atoms with E-state index in [1.165, 1.54) is 6.26 Å². The third kappa shape index (κ3) is 1.46. The molecule has 0 aromatic rings. The van der Waals surface area contributed by atoms with Crippen LogP contribution in [0.1, 0.15) is 12.8 Å². The van der Waals surface area contributed by atoms with E-state index in [0.717, 1.165) is 0 Å². The molecule has 0 radical (unpaired) electrons. The largest absolute Gasteiger partial charge is 0.498 e. The minimum atomic E-state index is -5.45. The molecule has 1 aliphatic heterocycles. The first-order valence-electron chi connectivity index (χ1n) is 6.21. The fourth-order valence-electron chi connectivity index (χ4n) is 4.14. The van der Waals surface area contributed by atoms with Crippen molar-refractivity contribution in [2.45, 2.75) is 43.0 Å². The Morgan fingerprint density at radius 2 is 1.70 bits per heavy atom. The second-order valence-electron chi connectivity index (χ2n) is 5.58. The van der Waals surface area contributed by atoms with Crippen molar-refractivity contribution < 1.29 is 35.8 Å². The van der Waals surface area contributed by atoms with E-state index >= 15 is 0 Å².